The number of amides is 1. The predicted molar refractivity (Wildman–Crippen MR) is 132 cm³/mol. The maximum absolute atomic E-state index is 13.7. The summed E-state index contributed by atoms with van der Waals surface area (Å²) in [6, 6.07) is 12.7. The van der Waals surface area contributed by atoms with Gasteiger partial charge in [0.25, 0.3) is 5.91 Å². The van der Waals surface area contributed by atoms with Crippen molar-refractivity contribution in [3.63, 3.8) is 0 Å². The maximum Gasteiger partial charge on any atom is 0.323 e. The third-order valence-corrected chi connectivity index (χ3v) is 6.88. The molecule has 0 saturated carbocycles. The molecule has 2 aromatic carbocycles. The highest BCUT2D eigenvalue weighted by Crippen LogP contribution is 2.39. The van der Waals surface area contributed by atoms with E-state index in [1.165, 1.54) is 0 Å². The minimum atomic E-state index is -0.403. The van der Waals surface area contributed by atoms with E-state index < -0.39 is 6.04 Å². The fraction of sp³-hybridized carbons (Fsp3) is 0.444. The molecule has 0 bridgehead atoms. The number of fused-ring (bicyclic) bond motifs is 1. The number of piperidine rings is 1. The first kappa shape index (κ1) is 24.1. The fourth-order valence-corrected chi connectivity index (χ4v) is 5.01. The van der Waals surface area contributed by atoms with Crippen LogP contribution in [-0.2, 0) is 14.3 Å². The maximum atomic E-state index is 13.7. The van der Waals surface area contributed by atoms with Crippen molar-refractivity contribution < 1.29 is 28.5 Å². The van der Waals surface area contributed by atoms with Crippen molar-refractivity contribution in [1.82, 2.24) is 9.91 Å². The second-order valence-electron chi connectivity index (χ2n) is 9.08. The Hall–Kier alpha value is -3.59. The predicted octanol–water partition coefficient (Wildman–Crippen LogP) is 3.52. The molecule has 190 valence electrons. The highest BCUT2D eigenvalue weighted by molar-refractivity contribution is 6.03. The standard InChI is InChI=1S/C27H31N3O6/c1-3-34-27(32)22-6-4-5-13-29(22)16-26(31)30-23(19-9-12-24-25(14-19)36-17-35-24)15-21(28-30)18-7-10-20(33-2)11-8-18/h7-12,14,22-23H,3-6,13,15-17H2,1-2H3/t22-,23+/m0/s1. The second-order valence-corrected chi connectivity index (χ2v) is 9.08. The Labute approximate surface area is 210 Å². The average molecular weight is 494 g/mol. The molecule has 0 spiro atoms. The van der Waals surface area contributed by atoms with Gasteiger partial charge < -0.3 is 18.9 Å². The summed E-state index contributed by atoms with van der Waals surface area (Å²) in [7, 11) is 1.63. The van der Waals surface area contributed by atoms with Crippen LogP contribution in [0.5, 0.6) is 17.2 Å². The van der Waals surface area contributed by atoms with E-state index in [0.717, 1.165) is 35.4 Å². The van der Waals surface area contributed by atoms with Crippen LogP contribution in [0, 0.1) is 0 Å². The lowest BCUT2D eigenvalue weighted by Gasteiger charge is -2.34. The molecule has 9 nitrogen and oxygen atoms in total. The highest BCUT2D eigenvalue weighted by atomic mass is 16.7. The van der Waals surface area contributed by atoms with Crippen molar-refractivity contribution in [2.75, 3.05) is 33.6 Å². The quantitative estimate of drug-likeness (QED) is 0.545. The van der Waals surface area contributed by atoms with Crippen LogP contribution in [0.25, 0.3) is 0 Å². The van der Waals surface area contributed by atoms with Crippen LogP contribution in [0.1, 0.15) is 49.8 Å². The van der Waals surface area contributed by atoms with Gasteiger partial charge in [-0.25, -0.2) is 5.01 Å². The molecule has 2 atom stereocenters. The number of likely N-dealkylation sites (tertiary alicyclic amines) is 1. The molecule has 1 amide bonds. The van der Waals surface area contributed by atoms with E-state index in [9.17, 15) is 9.59 Å². The molecule has 0 N–H and O–H groups in total. The first-order valence-corrected chi connectivity index (χ1v) is 12.4. The lowest BCUT2D eigenvalue weighted by molar-refractivity contribution is -0.152. The minimum Gasteiger partial charge on any atom is -0.497 e. The van der Waals surface area contributed by atoms with Gasteiger partial charge in [0.2, 0.25) is 6.79 Å². The number of hydrogen-bond donors (Lipinski definition) is 0. The fourth-order valence-electron chi connectivity index (χ4n) is 5.01. The SMILES string of the molecule is CCOC(=O)[C@@H]1CCCCN1CC(=O)N1N=C(c2ccc(OC)cc2)C[C@@H]1c1ccc2c(c1)OCO2. The number of rotatable bonds is 7. The van der Waals surface area contributed by atoms with Gasteiger partial charge in [0.05, 0.1) is 32.0 Å². The lowest BCUT2D eigenvalue weighted by Crippen LogP contribution is -2.49. The average Bonchev–Trinajstić information content (AvgIpc) is 3.56. The summed E-state index contributed by atoms with van der Waals surface area (Å²) in [5.41, 5.74) is 2.66. The Morgan fingerprint density at radius 2 is 1.89 bits per heavy atom. The summed E-state index contributed by atoms with van der Waals surface area (Å²) >= 11 is 0. The molecule has 0 aromatic heterocycles. The van der Waals surface area contributed by atoms with Crippen molar-refractivity contribution in [2.24, 2.45) is 5.10 Å². The van der Waals surface area contributed by atoms with Gasteiger partial charge in [0.1, 0.15) is 11.8 Å². The third kappa shape index (κ3) is 4.88. The monoisotopic (exact) mass is 493 g/mol. The molecule has 0 radical (unpaired) electrons. The van der Waals surface area contributed by atoms with Crippen molar-refractivity contribution in [1.29, 1.82) is 0 Å². The molecule has 3 heterocycles. The van der Waals surface area contributed by atoms with E-state index in [1.54, 1.807) is 19.0 Å². The van der Waals surface area contributed by atoms with Crippen LogP contribution in [0.15, 0.2) is 47.6 Å². The molecule has 9 heteroatoms. The van der Waals surface area contributed by atoms with E-state index >= 15 is 0 Å². The Morgan fingerprint density at radius 3 is 2.67 bits per heavy atom. The smallest absolute Gasteiger partial charge is 0.323 e. The molecule has 0 aliphatic carbocycles. The van der Waals surface area contributed by atoms with Gasteiger partial charge in [-0.1, -0.05) is 12.5 Å². The zero-order valence-corrected chi connectivity index (χ0v) is 20.6. The number of hydrazone groups is 1. The van der Waals surface area contributed by atoms with Crippen LogP contribution >= 0.6 is 0 Å². The molecular weight excluding hydrogens is 462 g/mol. The first-order valence-electron chi connectivity index (χ1n) is 12.4. The Kier molecular flexibility index (Phi) is 7.09. The topological polar surface area (TPSA) is 89.9 Å². The first-order chi connectivity index (χ1) is 17.6. The Morgan fingerprint density at radius 1 is 1.08 bits per heavy atom. The molecule has 2 aromatic rings. The van der Waals surface area contributed by atoms with E-state index in [2.05, 4.69) is 0 Å². The number of ether oxygens (including phenoxy) is 4. The van der Waals surface area contributed by atoms with Crippen molar-refractivity contribution in [3.8, 4) is 17.2 Å². The van der Waals surface area contributed by atoms with Gasteiger partial charge in [-0.3, -0.25) is 14.5 Å². The molecule has 36 heavy (non-hydrogen) atoms. The van der Waals surface area contributed by atoms with Crippen LogP contribution in [0.4, 0.5) is 0 Å². The molecule has 0 unspecified atom stereocenters. The summed E-state index contributed by atoms with van der Waals surface area (Å²) in [6.45, 7) is 3.08. The lowest BCUT2D eigenvalue weighted by atomic mass is 9.97. The van der Waals surface area contributed by atoms with E-state index in [1.807, 2.05) is 47.4 Å². The van der Waals surface area contributed by atoms with Gasteiger partial charge >= 0.3 is 5.97 Å². The highest BCUT2D eigenvalue weighted by Gasteiger charge is 2.37. The molecule has 1 saturated heterocycles. The normalized spacial score (nSPS) is 21.3. The van der Waals surface area contributed by atoms with E-state index in [4.69, 9.17) is 24.0 Å². The van der Waals surface area contributed by atoms with Crippen LogP contribution in [-0.4, -0.2) is 67.1 Å². The molecule has 3 aliphatic heterocycles. The summed E-state index contributed by atoms with van der Waals surface area (Å²) in [4.78, 5) is 28.2. The number of esters is 1. The largest absolute Gasteiger partial charge is 0.497 e. The number of carbonyl (C=O) groups is 2. The van der Waals surface area contributed by atoms with E-state index in [-0.39, 0.29) is 31.3 Å². The Bertz CT molecular complexity index is 1150. The van der Waals surface area contributed by atoms with Gasteiger partial charge in [0.15, 0.2) is 11.5 Å². The van der Waals surface area contributed by atoms with Gasteiger partial charge in [-0.05, 0) is 73.8 Å². The number of benzene rings is 2. The van der Waals surface area contributed by atoms with E-state index in [0.29, 0.717) is 37.5 Å². The second kappa shape index (κ2) is 10.6. The van der Waals surface area contributed by atoms with Crippen molar-refractivity contribution in [3.05, 3.63) is 53.6 Å². The van der Waals surface area contributed by atoms with Crippen molar-refractivity contribution in [2.45, 2.75) is 44.7 Å². The van der Waals surface area contributed by atoms with Crippen LogP contribution in [0.2, 0.25) is 0 Å². The van der Waals surface area contributed by atoms with Gasteiger partial charge in [0, 0.05) is 6.42 Å². The van der Waals surface area contributed by atoms with Crippen LogP contribution < -0.4 is 14.2 Å². The number of carbonyl (C=O) groups excluding carboxylic acids is 2. The zero-order chi connectivity index (χ0) is 25.1. The van der Waals surface area contributed by atoms with Gasteiger partial charge in [-0.2, -0.15) is 5.10 Å². The van der Waals surface area contributed by atoms with Crippen molar-refractivity contribution >= 4 is 17.6 Å². The number of nitrogens with zero attached hydrogens (tertiary/aromatic N) is 3. The van der Waals surface area contributed by atoms with Crippen LogP contribution in [0.3, 0.4) is 0 Å². The zero-order valence-electron chi connectivity index (χ0n) is 20.6. The molecule has 5 rings (SSSR count). The summed E-state index contributed by atoms with van der Waals surface area (Å²) in [6.07, 6.45) is 3.13. The molecule has 1 fully saturated rings. The Balaban J connectivity index is 1.41. The third-order valence-electron chi connectivity index (χ3n) is 6.88. The summed E-state index contributed by atoms with van der Waals surface area (Å²) in [5.74, 6) is 1.69. The number of hydrogen-bond acceptors (Lipinski definition) is 8. The van der Waals surface area contributed by atoms with Gasteiger partial charge in [-0.15, -0.1) is 0 Å². The number of methoxy groups -OCH3 is 1. The summed E-state index contributed by atoms with van der Waals surface area (Å²) < 4.78 is 21.6. The minimum absolute atomic E-state index is 0.101. The summed E-state index contributed by atoms with van der Waals surface area (Å²) in [5, 5.41) is 6.34. The molecule has 3 aliphatic rings. The molecular formula is C27H31N3O6.